The zero-order valence-corrected chi connectivity index (χ0v) is 12.4. The average Bonchev–Trinajstić information content (AvgIpc) is 2.39. The van der Waals surface area contributed by atoms with Gasteiger partial charge in [0.1, 0.15) is 5.75 Å². The van der Waals surface area contributed by atoms with Crippen LogP contribution < -0.4 is 9.64 Å². The van der Waals surface area contributed by atoms with Crippen LogP contribution in [0.3, 0.4) is 0 Å². The first-order valence-corrected chi connectivity index (χ1v) is 7.06. The normalized spacial score (nSPS) is 15.5. The van der Waals surface area contributed by atoms with Crippen LogP contribution in [0.2, 0.25) is 0 Å². The van der Waals surface area contributed by atoms with Crippen LogP contribution in [0.15, 0.2) is 22.7 Å². The van der Waals surface area contributed by atoms with Crippen molar-refractivity contribution in [1.29, 1.82) is 0 Å². The zero-order chi connectivity index (χ0) is 13.8. The van der Waals surface area contributed by atoms with Crippen LogP contribution in [0.25, 0.3) is 0 Å². The van der Waals surface area contributed by atoms with Crippen LogP contribution in [0.1, 0.15) is 6.92 Å². The van der Waals surface area contributed by atoms with Crippen molar-refractivity contribution in [1.82, 2.24) is 4.90 Å². The fraction of sp³-hybridized carbons (Fsp3) is 0.462. The Labute approximate surface area is 120 Å². The molecule has 5 nitrogen and oxygen atoms in total. The average molecular weight is 329 g/mol. The Morgan fingerprint density at radius 1 is 1.37 bits per heavy atom. The first-order chi connectivity index (χ1) is 9.11. The minimum atomic E-state index is -0.847. The molecule has 0 bridgehead atoms. The molecule has 1 aromatic carbocycles. The smallest absolute Gasteiger partial charge is 0.407 e. The summed E-state index contributed by atoms with van der Waals surface area (Å²) in [6.07, 6.45) is -0.847. The standard InChI is InChI=1S/C13H17BrN2O3/c1-2-19-12-9-10(14)3-4-11(12)15-5-7-16(8-6-15)13(17)18/h3-4,9H,2,5-8H2,1H3,(H,17,18). The second kappa shape index (κ2) is 6.14. The maximum atomic E-state index is 10.9. The second-order valence-electron chi connectivity index (χ2n) is 4.30. The molecule has 1 fully saturated rings. The molecule has 1 saturated heterocycles. The number of rotatable bonds is 3. The molecule has 1 aliphatic rings. The van der Waals surface area contributed by atoms with Crippen LogP contribution >= 0.6 is 15.9 Å². The Hall–Kier alpha value is -1.43. The Morgan fingerprint density at radius 3 is 2.63 bits per heavy atom. The minimum absolute atomic E-state index is 0.525. The van der Waals surface area contributed by atoms with Gasteiger partial charge in [-0.3, -0.25) is 0 Å². The topological polar surface area (TPSA) is 53.0 Å². The SMILES string of the molecule is CCOc1cc(Br)ccc1N1CCN(C(=O)O)CC1. The van der Waals surface area contributed by atoms with Crippen LogP contribution in [0, 0.1) is 0 Å². The van der Waals surface area contributed by atoms with Gasteiger partial charge in [-0.1, -0.05) is 15.9 Å². The van der Waals surface area contributed by atoms with Crippen LogP contribution in [0.5, 0.6) is 5.75 Å². The summed E-state index contributed by atoms with van der Waals surface area (Å²) in [5, 5.41) is 8.95. The molecule has 1 N–H and O–H groups in total. The lowest BCUT2D eigenvalue weighted by atomic mass is 10.2. The van der Waals surface area contributed by atoms with E-state index < -0.39 is 6.09 Å². The van der Waals surface area contributed by atoms with Crippen LogP contribution in [-0.2, 0) is 0 Å². The Bertz CT molecular complexity index is 459. The van der Waals surface area contributed by atoms with Crippen molar-refractivity contribution in [2.75, 3.05) is 37.7 Å². The first-order valence-electron chi connectivity index (χ1n) is 6.27. The van der Waals surface area contributed by atoms with E-state index in [-0.39, 0.29) is 0 Å². The van der Waals surface area contributed by atoms with Crippen molar-refractivity contribution in [3.8, 4) is 5.75 Å². The van der Waals surface area contributed by atoms with Gasteiger partial charge in [0, 0.05) is 30.7 Å². The molecule has 1 aromatic rings. The number of carbonyl (C=O) groups is 1. The maximum Gasteiger partial charge on any atom is 0.407 e. The third-order valence-electron chi connectivity index (χ3n) is 3.11. The van der Waals surface area contributed by atoms with Gasteiger partial charge in [-0.25, -0.2) is 4.79 Å². The van der Waals surface area contributed by atoms with Gasteiger partial charge in [0.05, 0.1) is 12.3 Å². The van der Waals surface area contributed by atoms with E-state index in [9.17, 15) is 4.79 Å². The van der Waals surface area contributed by atoms with Crippen molar-refractivity contribution in [3.05, 3.63) is 22.7 Å². The molecule has 0 radical (unpaired) electrons. The number of nitrogens with zero attached hydrogens (tertiary/aromatic N) is 2. The first kappa shape index (κ1) is 14.0. The number of carboxylic acid groups (broad SMARTS) is 1. The molecule has 1 aliphatic heterocycles. The van der Waals surface area contributed by atoms with Crippen molar-refractivity contribution in [3.63, 3.8) is 0 Å². The summed E-state index contributed by atoms with van der Waals surface area (Å²) in [4.78, 5) is 14.5. The summed E-state index contributed by atoms with van der Waals surface area (Å²) >= 11 is 3.43. The molecule has 0 aromatic heterocycles. The Kier molecular flexibility index (Phi) is 4.52. The molecule has 1 amide bonds. The number of amides is 1. The van der Waals surface area contributed by atoms with E-state index in [0.717, 1.165) is 15.9 Å². The van der Waals surface area contributed by atoms with Gasteiger partial charge in [-0.05, 0) is 25.1 Å². The van der Waals surface area contributed by atoms with E-state index in [1.807, 2.05) is 25.1 Å². The number of hydrogen-bond donors (Lipinski definition) is 1. The summed E-state index contributed by atoms with van der Waals surface area (Å²) in [5.74, 6) is 0.834. The van der Waals surface area contributed by atoms with Crippen molar-refractivity contribution >= 4 is 27.7 Å². The molecule has 104 valence electrons. The molecule has 0 aliphatic carbocycles. The quantitative estimate of drug-likeness (QED) is 0.926. The monoisotopic (exact) mass is 328 g/mol. The molecule has 19 heavy (non-hydrogen) atoms. The molecule has 0 spiro atoms. The molecular formula is C13H17BrN2O3. The van der Waals surface area contributed by atoms with Gasteiger partial charge in [-0.2, -0.15) is 0 Å². The van der Waals surface area contributed by atoms with E-state index >= 15 is 0 Å². The number of piperazine rings is 1. The van der Waals surface area contributed by atoms with Crippen molar-refractivity contribution in [2.24, 2.45) is 0 Å². The molecule has 0 unspecified atom stereocenters. The van der Waals surface area contributed by atoms with E-state index in [1.54, 1.807) is 0 Å². The molecule has 6 heteroatoms. The van der Waals surface area contributed by atoms with Crippen molar-refractivity contribution in [2.45, 2.75) is 6.92 Å². The highest BCUT2D eigenvalue weighted by Gasteiger charge is 2.22. The largest absolute Gasteiger partial charge is 0.492 e. The second-order valence-corrected chi connectivity index (χ2v) is 5.22. The Balaban J connectivity index is 2.12. The number of ether oxygens (including phenoxy) is 1. The number of hydrogen-bond acceptors (Lipinski definition) is 3. The van der Waals surface area contributed by atoms with Crippen LogP contribution in [0.4, 0.5) is 10.5 Å². The van der Waals surface area contributed by atoms with Gasteiger partial charge < -0.3 is 19.6 Å². The number of halogens is 1. The number of benzene rings is 1. The van der Waals surface area contributed by atoms with Gasteiger partial charge in [0.2, 0.25) is 0 Å². The lowest BCUT2D eigenvalue weighted by Crippen LogP contribution is -2.48. The molecule has 1 heterocycles. The summed E-state index contributed by atoms with van der Waals surface area (Å²) in [6.45, 7) is 4.99. The minimum Gasteiger partial charge on any atom is -0.492 e. The lowest BCUT2D eigenvalue weighted by molar-refractivity contribution is 0.142. The summed E-state index contributed by atoms with van der Waals surface area (Å²) in [5.41, 5.74) is 1.02. The van der Waals surface area contributed by atoms with E-state index in [1.165, 1.54) is 4.90 Å². The molecule has 0 saturated carbocycles. The predicted octanol–water partition coefficient (Wildman–Crippen LogP) is 2.65. The number of anilines is 1. The maximum absolute atomic E-state index is 10.9. The summed E-state index contributed by atoms with van der Waals surface area (Å²) in [7, 11) is 0. The third kappa shape index (κ3) is 3.32. The summed E-state index contributed by atoms with van der Waals surface area (Å²) < 4.78 is 6.62. The molecule has 0 atom stereocenters. The van der Waals surface area contributed by atoms with Gasteiger partial charge in [0.15, 0.2) is 0 Å². The van der Waals surface area contributed by atoms with Gasteiger partial charge >= 0.3 is 6.09 Å². The summed E-state index contributed by atoms with van der Waals surface area (Å²) in [6, 6.07) is 5.93. The van der Waals surface area contributed by atoms with Crippen molar-refractivity contribution < 1.29 is 14.6 Å². The van der Waals surface area contributed by atoms with Crippen LogP contribution in [-0.4, -0.2) is 48.9 Å². The lowest BCUT2D eigenvalue weighted by Gasteiger charge is -2.35. The van der Waals surface area contributed by atoms with Gasteiger partial charge in [0.25, 0.3) is 0 Å². The van der Waals surface area contributed by atoms with Gasteiger partial charge in [-0.15, -0.1) is 0 Å². The van der Waals surface area contributed by atoms with E-state index in [2.05, 4.69) is 20.8 Å². The highest BCUT2D eigenvalue weighted by Crippen LogP contribution is 2.32. The molecular weight excluding hydrogens is 312 g/mol. The van der Waals surface area contributed by atoms with E-state index in [0.29, 0.717) is 32.8 Å². The predicted molar refractivity (Wildman–Crippen MR) is 77.1 cm³/mol. The van der Waals surface area contributed by atoms with E-state index in [4.69, 9.17) is 9.84 Å². The molecule has 2 rings (SSSR count). The fourth-order valence-corrected chi connectivity index (χ4v) is 2.50. The Morgan fingerprint density at radius 2 is 2.05 bits per heavy atom. The highest BCUT2D eigenvalue weighted by atomic mass is 79.9. The highest BCUT2D eigenvalue weighted by molar-refractivity contribution is 9.10. The fourth-order valence-electron chi connectivity index (χ4n) is 2.16. The zero-order valence-electron chi connectivity index (χ0n) is 10.8. The third-order valence-corrected chi connectivity index (χ3v) is 3.61.